The summed E-state index contributed by atoms with van der Waals surface area (Å²) in [6, 6.07) is 32.9. The van der Waals surface area contributed by atoms with Gasteiger partial charge in [0.1, 0.15) is 23.2 Å². The molecule has 118 valence electrons. The van der Waals surface area contributed by atoms with Crippen molar-refractivity contribution in [3.63, 3.8) is 0 Å². The average Bonchev–Trinajstić information content (AvgIpc) is 2.68. The van der Waals surface area contributed by atoms with E-state index in [4.69, 9.17) is 6.42 Å². The van der Waals surface area contributed by atoms with Crippen LogP contribution in [0.4, 0.5) is 0 Å². The van der Waals surface area contributed by atoms with Crippen LogP contribution in [0.1, 0.15) is 12.8 Å². The summed E-state index contributed by atoms with van der Waals surface area (Å²) >= 11 is 0. The second-order valence-electron chi connectivity index (χ2n) is 5.85. The number of benzene rings is 3. The third-order valence-electron chi connectivity index (χ3n) is 4.41. The van der Waals surface area contributed by atoms with Gasteiger partial charge in [-0.05, 0) is 42.8 Å². The minimum absolute atomic E-state index is 0.828. The molecule has 0 nitrogen and oxygen atoms in total. The van der Waals surface area contributed by atoms with Crippen molar-refractivity contribution in [1.29, 1.82) is 0 Å². The Hall–Kier alpha value is -2.35. The zero-order chi connectivity index (χ0) is 16.7. The monoisotopic (exact) mass is 329 g/mol. The molecule has 0 unspecified atom stereocenters. The van der Waals surface area contributed by atoms with Gasteiger partial charge >= 0.3 is 0 Å². The number of hydrogen-bond donors (Lipinski definition) is 0. The standard InChI is InChI=1S/C23H22P/c1-2-3-13-20-24(21-14-7-4-8-15-21,22-16-9-5-10-17-22)23-18-11-6-12-19-23/h1,4-12,14-19H,3,13,20H2/q+1. The van der Waals surface area contributed by atoms with Crippen LogP contribution < -0.4 is 15.9 Å². The van der Waals surface area contributed by atoms with Crippen molar-refractivity contribution >= 4 is 23.2 Å². The minimum Gasteiger partial charge on any atom is -0.120 e. The van der Waals surface area contributed by atoms with Gasteiger partial charge in [0.25, 0.3) is 0 Å². The van der Waals surface area contributed by atoms with Crippen LogP contribution in [0.3, 0.4) is 0 Å². The van der Waals surface area contributed by atoms with Gasteiger partial charge in [0.05, 0.1) is 6.16 Å². The van der Waals surface area contributed by atoms with E-state index in [-0.39, 0.29) is 0 Å². The Morgan fingerprint density at radius 1 is 0.625 bits per heavy atom. The van der Waals surface area contributed by atoms with Gasteiger partial charge in [-0.1, -0.05) is 54.6 Å². The van der Waals surface area contributed by atoms with Crippen LogP contribution in [-0.2, 0) is 0 Å². The van der Waals surface area contributed by atoms with E-state index in [2.05, 4.69) is 96.9 Å². The predicted molar refractivity (Wildman–Crippen MR) is 108 cm³/mol. The van der Waals surface area contributed by atoms with Crippen LogP contribution >= 0.6 is 7.26 Å². The fourth-order valence-electron chi connectivity index (χ4n) is 3.30. The molecule has 0 aromatic heterocycles. The number of unbranched alkanes of at least 4 members (excludes halogenated alkanes) is 1. The highest BCUT2D eigenvalue weighted by Gasteiger charge is 2.44. The molecule has 1 heteroatoms. The summed E-state index contributed by atoms with van der Waals surface area (Å²) < 4.78 is 0. The van der Waals surface area contributed by atoms with Crippen molar-refractivity contribution in [1.82, 2.24) is 0 Å². The summed E-state index contributed by atoms with van der Waals surface area (Å²) in [6.07, 6.45) is 8.51. The maximum atomic E-state index is 5.54. The highest BCUT2D eigenvalue weighted by Crippen LogP contribution is 2.55. The zero-order valence-corrected chi connectivity index (χ0v) is 14.7. The fraction of sp³-hybridized carbons (Fsp3) is 0.130. The van der Waals surface area contributed by atoms with E-state index in [1.54, 1.807) is 0 Å². The van der Waals surface area contributed by atoms with Gasteiger partial charge in [0.15, 0.2) is 0 Å². The summed E-state index contributed by atoms with van der Waals surface area (Å²) in [7, 11) is -1.68. The molecule has 3 aromatic carbocycles. The third kappa shape index (κ3) is 3.28. The molecule has 0 amide bonds. The summed E-state index contributed by atoms with van der Waals surface area (Å²) in [5.74, 6) is 2.81. The molecule has 3 aromatic rings. The van der Waals surface area contributed by atoms with Gasteiger partial charge in [-0.2, -0.15) is 0 Å². The maximum absolute atomic E-state index is 5.54. The van der Waals surface area contributed by atoms with Crippen LogP contribution in [0.5, 0.6) is 0 Å². The van der Waals surface area contributed by atoms with E-state index >= 15 is 0 Å². The molecule has 0 bridgehead atoms. The normalized spacial score (nSPS) is 11.0. The van der Waals surface area contributed by atoms with E-state index in [1.165, 1.54) is 15.9 Å². The van der Waals surface area contributed by atoms with Crippen molar-refractivity contribution in [3.05, 3.63) is 91.0 Å². The van der Waals surface area contributed by atoms with Gasteiger partial charge in [0, 0.05) is 6.42 Å². The van der Waals surface area contributed by atoms with Gasteiger partial charge in [-0.3, -0.25) is 0 Å². The Balaban J connectivity index is 2.22. The molecule has 0 fully saturated rings. The quantitative estimate of drug-likeness (QED) is 0.357. The largest absolute Gasteiger partial charge is 0.120 e. The Bertz CT molecular complexity index is 689. The molecule has 0 heterocycles. The van der Waals surface area contributed by atoms with Crippen molar-refractivity contribution < 1.29 is 0 Å². The van der Waals surface area contributed by atoms with Crippen LogP contribution in [0, 0.1) is 12.3 Å². The van der Waals surface area contributed by atoms with E-state index in [1.807, 2.05) is 0 Å². The highest BCUT2D eigenvalue weighted by atomic mass is 31.2. The van der Waals surface area contributed by atoms with E-state index in [9.17, 15) is 0 Å². The van der Waals surface area contributed by atoms with E-state index in [0.717, 1.165) is 19.0 Å². The lowest BCUT2D eigenvalue weighted by molar-refractivity contribution is 0.991. The molecule has 0 saturated heterocycles. The van der Waals surface area contributed by atoms with E-state index < -0.39 is 7.26 Å². The van der Waals surface area contributed by atoms with Crippen molar-refractivity contribution in [2.24, 2.45) is 0 Å². The van der Waals surface area contributed by atoms with Crippen LogP contribution in [0.15, 0.2) is 91.0 Å². The molecule has 0 saturated carbocycles. The van der Waals surface area contributed by atoms with Gasteiger partial charge in [-0.25, -0.2) is 0 Å². The Morgan fingerprint density at radius 3 is 1.33 bits per heavy atom. The molecule has 0 aliphatic carbocycles. The van der Waals surface area contributed by atoms with Gasteiger partial charge < -0.3 is 0 Å². The number of hydrogen-bond acceptors (Lipinski definition) is 0. The summed E-state index contributed by atoms with van der Waals surface area (Å²) in [4.78, 5) is 0. The van der Waals surface area contributed by atoms with Crippen LogP contribution in [0.2, 0.25) is 0 Å². The Kier molecular flexibility index (Phi) is 5.47. The molecular weight excluding hydrogens is 307 g/mol. The molecular formula is C23H22P+. The van der Waals surface area contributed by atoms with Crippen molar-refractivity contribution in [2.45, 2.75) is 12.8 Å². The molecule has 0 aliphatic heterocycles. The lowest BCUT2D eigenvalue weighted by atomic mass is 10.3. The molecule has 0 radical (unpaired) electrons. The SMILES string of the molecule is C#CCCC[P+](c1ccccc1)(c1ccccc1)c1ccccc1. The predicted octanol–water partition coefficient (Wildman–Crippen LogP) is 4.39. The topological polar surface area (TPSA) is 0 Å². The molecule has 0 spiro atoms. The molecule has 3 rings (SSSR count). The maximum Gasteiger partial charge on any atom is 0.112 e. The van der Waals surface area contributed by atoms with Crippen molar-refractivity contribution in [2.75, 3.05) is 6.16 Å². The average molecular weight is 329 g/mol. The molecule has 0 aliphatic rings. The first-order valence-corrected chi connectivity index (χ1v) is 10.3. The number of terminal acetylenes is 1. The summed E-state index contributed by atoms with van der Waals surface area (Å²) in [6.45, 7) is 0. The lowest BCUT2D eigenvalue weighted by Gasteiger charge is -2.27. The fourth-order valence-corrected chi connectivity index (χ4v) is 7.64. The Labute approximate surface area is 145 Å². The minimum atomic E-state index is -1.68. The summed E-state index contributed by atoms with van der Waals surface area (Å²) in [5.41, 5.74) is 0. The first-order valence-electron chi connectivity index (χ1n) is 8.36. The highest BCUT2D eigenvalue weighted by molar-refractivity contribution is 7.95. The van der Waals surface area contributed by atoms with Gasteiger partial charge in [0.2, 0.25) is 0 Å². The Morgan fingerprint density at radius 2 is 1.00 bits per heavy atom. The summed E-state index contributed by atoms with van der Waals surface area (Å²) in [5, 5.41) is 4.29. The smallest absolute Gasteiger partial charge is 0.112 e. The number of rotatable bonds is 6. The first kappa shape index (κ1) is 16.5. The first-order chi connectivity index (χ1) is 11.9. The van der Waals surface area contributed by atoms with E-state index in [0.29, 0.717) is 0 Å². The van der Waals surface area contributed by atoms with Crippen LogP contribution in [0.25, 0.3) is 0 Å². The third-order valence-corrected chi connectivity index (χ3v) is 8.93. The van der Waals surface area contributed by atoms with Gasteiger partial charge in [-0.15, -0.1) is 12.3 Å². The lowest BCUT2D eigenvalue weighted by Crippen LogP contribution is -2.33. The van der Waals surface area contributed by atoms with Crippen LogP contribution in [-0.4, -0.2) is 6.16 Å². The van der Waals surface area contributed by atoms with Crippen molar-refractivity contribution in [3.8, 4) is 12.3 Å². The second kappa shape index (κ2) is 7.96. The zero-order valence-electron chi connectivity index (χ0n) is 13.8. The second-order valence-corrected chi connectivity index (χ2v) is 9.46. The molecule has 24 heavy (non-hydrogen) atoms. The molecule has 0 N–H and O–H groups in total. The molecule has 0 atom stereocenters.